The molecule has 0 spiro atoms. The third kappa shape index (κ3) is 3.98. The maximum absolute atomic E-state index is 13.7. The number of halogens is 1. The Morgan fingerprint density at radius 2 is 1.29 bits per heavy atom. The minimum atomic E-state index is -0.240. The van der Waals surface area contributed by atoms with Crippen LogP contribution in [0, 0.1) is 18.8 Å². The van der Waals surface area contributed by atoms with E-state index < -0.39 is 0 Å². The number of benzene rings is 3. The van der Waals surface area contributed by atoms with Gasteiger partial charge in [-0.25, -0.2) is 0 Å². The first kappa shape index (κ1) is 16.8. The zero-order valence-electron chi connectivity index (χ0n) is 12.2. The smallest absolute Gasteiger partial charge is 0.284 e. The summed E-state index contributed by atoms with van der Waals surface area (Å²) in [6.07, 6.45) is 0. The molecule has 0 unspecified atom stereocenters. The SMILES string of the molecule is Cc1ccc(-c2ccc(-c3cc[c-]cc3F)cc2)cc1.[Rb+]. The van der Waals surface area contributed by atoms with E-state index in [1.54, 1.807) is 12.1 Å². The van der Waals surface area contributed by atoms with Crippen LogP contribution in [0.15, 0.2) is 66.7 Å². The largest absolute Gasteiger partial charge is 1.00 e. The van der Waals surface area contributed by atoms with Crippen LogP contribution in [0.1, 0.15) is 5.56 Å². The summed E-state index contributed by atoms with van der Waals surface area (Å²) in [4.78, 5) is 0. The summed E-state index contributed by atoms with van der Waals surface area (Å²) < 4.78 is 13.7. The molecule has 3 aromatic carbocycles. The van der Waals surface area contributed by atoms with Crippen LogP contribution >= 0.6 is 0 Å². The van der Waals surface area contributed by atoms with Crippen molar-refractivity contribution >= 4 is 0 Å². The van der Waals surface area contributed by atoms with Gasteiger partial charge in [-0.05, 0) is 23.6 Å². The van der Waals surface area contributed by atoms with Gasteiger partial charge < -0.3 is 0 Å². The van der Waals surface area contributed by atoms with Gasteiger partial charge in [-0.2, -0.15) is 18.2 Å². The Labute approximate surface area is 173 Å². The second-order valence-corrected chi connectivity index (χ2v) is 4.85. The molecule has 0 atom stereocenters. The van der Waals surface area contributed by atoms with Crippen LogP contribution in [0.3, 0.4) is 0 Å². The van der Waals surface area contributed by atoms with Gasteiger partial charge in [0.2, 0.25) is 0 Å². The Kier molecular flexibility index (Phi) is 6.06. The summed E-state index contributed by atoms with van der Waals surface area (Å²) in [6.45, 7) is 2.07. The first-order valence-electron chi connectivity index (χ1n) is 6.57. The molecule has 0 aliphatic carbocycles. The zero-order chi connectivity index (χ0) is 13.9. The summed E-state index contributed by atoms with van der Waals surface area (Å²) in [7, 11) is 0. The van der Waals surface area contributed by atoms with Crippen molar-refractivity contribution in [2.45, 2.75) is 6.92 Å². The van der Waals surface area contributed by atoms with Crippen molar-refractivity contribution in [1.29, 1.82) is 0 Å². The van der Waals surface area contributed by atoms with Crippen molar-refractivity contribution < 1.29 is 62.6 Å². The molecule has 0 amide bonds. The van der Waals surface area contributed by atoms with E-state index in [1.165, 1.54) is 17.2 Å². The molecule has 0 heterocycles. The van der Waals surface area contributed by atoms with Crippen molar-refractivity contribution in [2.75, 3.05) is 0 Å². The first-order chi connectivity index (χ1) is 9.74. The van der Waals surface area contributed by atoms with Gasteiger partial charge in [-0.15, -0.1) is 6.07 Å². The molecule has 21 heavy (non-hydrogen) atoms. The van der Waals surface area contributed by atoms with E-state index in [0.717, 1.165) is 11.1 Å². The first-order valence-corrected chi connectivity index (χ1v) is 6.57. The molecule has 0 radical (unpaired) electrons. The maximum atomic E-state index is 13.7. The fraction of sp³-hybridized carbons (Fsp3) is 0.0526. The summed E-state index contributed by atoms with van der Waals surface area (Å²) in [5.41, 5.74) is 5.04. The second kappa shape index (κ2) is 7.60. The fourth-order valence-electron chi connectivity index (χ4n) is 2.23. The average molecular weight is 347 g/mol. The molecule has 0 saturated heterocycles. The minimum Gasteiger partial charge on any atom is -0.284 e. The Balaban J connectivity index is 0.00000161. The minimum absolute atomic E-state index is 0. The Hall–Kier alpha value is -0.605. The number of rotatable bonds is 2. The van der Waals surface area contributed by atoms with Gasteiger partial charge in [0, 0.05) is 5.82 Å². The summed E-state index contributed by atoms with van der Waals surface area (Å²) in [5.74, 6) is -0.240. The molecule has 0 aliphatic rings. The van der Waals surface area contributed by atoms with E-state index in [2.05, 4.69) is 37.3 Å². The second-order valence-electron chi connectivity index (χ2n) is 4.85. The van der Waals surface area contributed by atoms with E-state index in [0.29, 0.717) is 5.56 Å². The topological polar surface area (TPSA) is 0 Å². The predicted molar refractivity (Wildman–Crippen MR) is 80.8 cm³/mol. The Bertz CT molecular complexity index is 715. The van der Waals surface area contributed by atoms with Crippen molar-refractivity contribution in [1.82, 2.24) is 0 Å². The molecule has 0 saturated carbocycles. The van der Waals surface area contributed by atoms with E-state index in [4.69, 9.17) is 0 Å². The fourth-order valence-corrected chi connectivity index (χ4v) is 2.23. The van der Waals surface area contributed by atoms with Crippen LogP contribution < -0.4 is 58.2 Å². The van der Waals surface area contributed by atoms with Crippen LogP contribution in [-0.4, -0.2) is 0 Å². The molecule has 3 rings (SSSR count). The number of hydrogen-bond acceptors (Lipinski definition) is 0. The van der Waals surface area contributed by atoms with Crippen molar-refractivity contribution in [3.05, 3.63) is 84.2 Å². The molecule has 0 fully saturated rings. The van der Waals surface area contributed by atoms with Gasteiger partial charge in [0.25, 0.3) is 0 Å². The van der Waals surface area contributed by atoms with Crippen molar-refractivity contribution in [2.24, 2.45) is 0 Å². The number of hydrogen-bond donors (Lipinski definition) is 0. The summed E-state index contributed by atoms with van der Waals surface area (Å²) in [6, 6.07) is 23.9. The van der Waals surface area contributed by atoms with Gasteiger partial charge >= 0.3 is 58.2 Å². The monoisotopic (exact) mass is 346 g/mol. The molecule has 0 N–H and O–H groups in total. The molecule has 0 aliphatic heterocycles. The van der Waals surface area contributed by atoms with Crippen LogP contribution in [-0.2, 0) is 0 Å². The van der Waals surface area contributed by atoms with Crippen LogP contribution in [0.5, 0.6) is 0 Å². The van der Waals surface area contributed by atoms with Gasteiger partial charge in [0.1, 0.15) is 0 Å². The standard InChI is InChI=1S/C19H14F.Rb/c1-14-6-8-15(9-7-14)16-10-12-17(13-11-16)18-4-2-3-5-19(18)20;/h2,4-13H,1H3;/q-1;+1. The number of aryl methyl sites for hydroxylation is 1. The molecule has 0 aromatic heterocycles. The van der Waals surface area contributed by atoms with Gasteiger partial charge in [-0.1, -0.05) is 59.7 Å². The molecule has 2 heteroatoms. The van der Waals surface area contributed by atoms with Crippen molar-refractivity contribution in [3.63, 3.8) is 0 Å². The summed E-state index contributed by atoms with van der Waals surface area (Å²) in [5, 5.41) is 0. The van der Waals surface area contributed by atoms with Gasteiger partial charge in [-0.3, -0.25) is 4.39 Å². The van der Waals surface area contributed by atoms with E-state index >= 15 is 0 Å². The predicted octanol–water partition coefficient (Wildman–Crippen LogP) is 2.27. The molecule has 98 valence electrons. The molecular weight excluding hydrogens is 333 g/mol. The van der Waals surface area contributed by atoms with Crippen molar-refractivity contribution in [3.8, 4) is 22.3 Å². The van der Waals surface area contributed by atoms with Gasteiger partial charge in [0.15, 0.2) is 0 Å². The van der Waals surface area contributed by atoms with E-state index in [9.17, 15) is 4.39 Å². The third-order valence-electron chi connectivity index (χ3n) is 3.39. The van der Waals surface area contributed by atoms with Crippen LogP contribution in [0.4, 0.5) is 4.39 Å². The Morgan fingerprint density at radius 3 is 1.86 bits per heavy atom. The van der Waals surface area contributed by atoms with Crippen LogP contribution in [0.2, 0.25) is 0 Å². The summed E-state index contributed by atoms with van der Waals surface area (Å²) >= 11 is 0. The quantitative estimate of drug-likeness (QED) is 0.625. The van der Waals surface area contributed by atoms with Gasteiger partial charge in [0.05, 0.1) is 0 Å². The zero-order valence-corrected chi connectivity index (χ0v) is 17.1. The normalized spacial score (nSPS) is 10.0. The van der Waals surface area contributed by atoms with E-state index in [-0.39, 0.29) is 64.0 Å². The molecular formula is C19H14FRb. The Morgan fingerprint density at radius 1 is 0.762 bits per heavy atom. The van der Waals surface area contributed by atoms with Crippen LogP contribution in [0.25, 0.3) is 22.3 Å². The average Bonchev–Trinajstić information content (AvgIpc) is 2.49. The molecule has 3 aromatic rings. The molecule has 0 nitrogen and oxygen atoms in total. The molecule has 0 bridgehead atoms. The third-order valence-corrected chi connectivity index (χ3v) is 3.39. The maximum Gasteiger partial charge on any atom is 1.00 e. The van der Waals surface area contributed by atoms with E-state index in [1.807, 2.05) is 24.3 Å².